The van der Waals surface area contributed by atoms with Gasteiger partial charge in [-0.05, 0) is 36.2 Å². The normalized spacial score (nSPS) is 10.8. The van der Waals surface area contributed by atoms with E-state index in [0.717, 1.165) is 32.9 Å². The fourth-order valence-electron chi connectivity index (χ4n) is 2.57. The lowest BCUT2D eigenvalue weighted by molar-refractivity contribution is 0.395. The van der Waals surface area contributed by atoms with Crippen LogP contribution in [0.15, 0.2) is 53.0 Å². The maximum atomic E-state index is 5.49. The lowest BCUT2D eigenvalue weighted by atomic mass is 10.0. The molecule has 0 saturated heterocycles. The second kappa shape index (κ2) is 5.86. The summed E-state index contributed by atoms with van der Waals surface area (Å²) in [5, 5.41) is 1.13. The Labute approximate surface area is 132 Å². The Kier molecular flexibility index (Phi) is 3.93. The second-order valence-corrected chi connectivity index (χ2v) is 6.03. The van der Waals surface area contributed by atoms with Gasteiger partial charge in [0, 0.05) is 21.8 Å². The summed E-state index contributed by atoms with van der Waals surface area (Å²) in [5.41, 5.74) is 4.49. The molecule has 2 nitrogen and oxygen atoms in total. The van der Waals surface area contributed by atoms with E-state index in [4.69, 9.17) is 4.74 Å². The number of nitrogens with zero attached hydrogens (tertiary/aromatic N) is 1. The molecule has 0 spiro atoms. The predicted octanol–water partition coefficient (Wildman–Crippen LogP) is 4.91. The molecule has 3 rings (SSSR count). The van der Waals surface area contributed by atoms with Crippen LogP contribution in [0.2, 0.25) is 0 Å². The summed E-state index contributed by atoms with van der Waals surface area (Å²) >= 11 is 3.55. The molecule has 0 aliphatic rings. The lowest BCUT2D eigenvalue weighted by Crippen LogP contribution is -1.98. The predicted molar refractivity (Wildman–Crippen MR) is 90.0 cm³/mol. The van der Waals surface area contributed by atoms with Gasteiger partial charge in [-0.25, -0.2) is 4.98 Å². The number of fused-ring (bicyclic) bond motifs is 1. The van der Waals surface area contributed by atoms with Crippen molar-refractivity contribution in [3.63, 3.8) is 0 Å². The fourth-order valence-corrected chi connectivity index (χ4v) is 3.16. The standard InChI is InChI=1S/C18H16BrNO/c1-12-8-16(19)11-14-10-15(18(21-2)20-17(12)14)9-13-6-4-3-5-7-13/h3-8,10-11H,9H2,1-2H3. The van der Waals surface area contributed by atoms with Crippen LogP contribution in [0.5, 0.6) is 5.88 Å². The first-order chi connectivity index (χ1) is 10.2. The van der Waals surface area contributed by atoms with Gasteiger partial charge in [0.2, 0.25) is 5.88 Å². The van der Waals surface area contributed by atoms with Crippen molar-refractivity contribution in [2.24, 2.45) is 0 Å². The van der Waals surface area contributed by atoms with Gasteiger partial charge in [0.1, 0.15) is 0 Å². The second-order valence-electron chi connectivity index (χ2n) is 5.11. The third-order valence-electron chi connectivity index (χ3n) is 3.54. The van der Waals surface area contributed by atoms with Gasteiger partial charge in [0.25, 0.3) is 0 Å². The Bertz CT molecular complexity index is 784. The summed E-state index contributed by atoms with van der Waals surface area (Å²) in [4.78, 5) is 4.69. The van der Waals surface area contributed by atoms with Gasteiger partial charge in [-0.15, -0.1) is 0 Å². The summed E-state index contributed by atoms with van der Waals surface area (Å²) in [7, 11) is 1.68. The number of pyridine rings is 1. The van der Waals surface area contributed by atoms with Crippen molar-refractivity contribution in [3.8, 4) is 5.88 Å². The third kappa shape index (κ3) is 2.93. The van der Waals surface area contributed by atoms with Crippen molar-refractivity contribution >= 4 is 26.8 Å². The molecule has 0 radical (unpaired) electrons. The molecular formula is C18H16BrNO. The van der Waals surface area contributed by atoms with E-state index < -0.39 is 0 Å². The Morgan fingerprint density at radius 2 is 1.86 bits per heavy atom. The highest BCUT2D eigenvalue weighted by molar-refractivity contribution is 9.10. The van der Waals surface area contributed by atoms with Crippen molar-refractivity contribution in [3.05, 3.63) is 69.7 Å². The van der Waals surface area contributed by atoms with Crippen molar-refractivity contribution in [1.29, 1.82) is 0 Å². The number of aromatic nitrogens is 1. The molecule has 0 amide bonds. The SMILES string of the molecule is COc1nc2c(C)cc(Br)cc2cc1Cc1ccccc1. The zero-order valence-electron chi connectivity index (χ0n) is 12.1. The van der Waals surface area contributed by atoms with E-state index in [2.05, 4.69) is 70.3 Å². The van der Waals surface area contributed by atoms with Crippen molar-refractivity contribution in [2.75, 3.05) is 7.11 Å². The first-order valence-electron chi connectivity index (χ1n) is 6.85. The summed E-state index contributed by atoms with van der Waals surface area (Å²) in [5.74, 6) is 0.705. The van der Waals surface area contributed by atoms with Gasteiger partial charge in [-0.3, -0.25) is 0 Å². The highest BCUT2D eigenvalue weighted by atomic mass is 79.9. The molecular weight excluding hydrogens is 326 g/mol. The molecule has 106 valence electrons. The highest BCUT2D eigenvalue weighted by Gasteiger charge is 2.10. The average molecular weight is 342 g/mol. The number of hydrogen-bond acceptors (Lipinski definition) is 2. The average Bonchev–Trinajstić information content (AvgIpc) is 2.47. The number of hydrogen-bond donors (Lipinski definition) is 0. The van der Waals surface area contributed by atoms with E-state index in [1.165, 1.54) is 5.56 Å². The molecule has 3 heteroatoms. The maximum absolute atomic E-state index is 5.49. The molecule has 0 atom stereocenters. The van der Waals surface area contributed by atoms with Gasteiger partial charge >= 0.3 is 0 Å². The number of halogens is 1. The molecule has 1 aromatic heterocycles. The molecule has 0 bridgehead atoms. The molecule has 0 saturated carbocycles. The molecule has 0 fully saturated rings. The van der Waals surface area contributed by atoms with Crippen LogP contribution in [0.25, 0.3) is 10.9 Å². The van der Waals surface area contributed by atoms with E-state index in [1.807, 2.05) is 6.07 Å². The van der Waals surface area contributed by atoms with Crippen LogP contribution in [0, 0.1) is 6.92 Å². The van der Waals surface area contributed by atoms with Crippen LogP contribution in [0.1, 0.15) is 16.7 Å². The molecule has 0 unspecified atom stereocenters. The summed E-state index contributed by atoms with van der Waals surface area (Å²) < 4.78 is 6.56. The fraction of sp³-hybridized carbons (Fsp3) is 0.167. The first kappa shape index (κ1) is 14.1. The minimum Gasteiger partial charge on any atom is -0.481 e. The van der Waals surface area contributed by atoms with Crippen LogP contribution in [0.4, 0.5) is 0 Å². The third-order valence-corrected chi connectivity index (χ3v) is 4.00. The summed E-state index contributed by atoms with van der Waals surface area (Å²) in [6, 6.07) is 16.7. The van der Waals surface area contributed by atoms with Crippen molar-refractivity contribution in [1.82, 2.24) is 4.98 Å². The van der Waals surface area contributed by atoms with Crippen LogP contribution in [-0.2, 0) is 6.42 Å². The van der Waals surface area contributed by atoms with Gasteiger partial charge in [0.15, 0.2) is 0 Å². The summed E-state index contributed by atoms with van der Waals surface area (Å²) in [6.45, 7) is 2.07. The van der Waals surface area contributed by atoms with Gasteiger partial charge in [-0.1, -0.05) is 46.3 Å². The van der Waals surface area contributed by atoms with E-state index >= 15 is 0 Å². The van der Waals surface area contributed by atoms with Crippen LogP contribution in [-0.4, -0.2) is 12.1 Å². The lowest BCUT2D eigenvalue weighted by Gasteiger charge is -2.11. The Balaban J connectivity index is 2.13. The molecule has 1 heterocycles. The van der Waals surface area contributed by atoms with Crippen molar-refractivity contribution in [2.45, 2.75) is 13.3 Å². The number of rotatable bonds is 3. The Hall–Kier alpha value is -1.87. The topological polar surface area (TPSA) is 22.1 Å². The van der Waals surface area contributed by atoms with Crippen molar-refractivity contribution < 1.29 is 4.74 Å². The highest BCUT2D eigenvalue weighted by Crippen LogP contribution is 2.28. The maximum Gasteiger partial charge on any atom is 0.217 e. The summed E-state index contributed by atoms with van der Waals surface area (Å²) in [6.07, 6.45) is 0.818. The smallest absolute Gasteiger partial charge is 0.217 e. The number of aryl methyl sites for hydroxylation is 1. The minimum atomic E-state index is 0.705. The molecule has 3 aromatic rings. The molecule has 0 N–H and O–H groups in total. The number of benzene rings is 2. The molecule has 0 aliphatic carbocycles. The van der Waals surface area contributed by atoms with E-state index in [1.54, 1.807) is 7.11 Å². The minimum absolute atomic E-state index is 0.705. The zero-order chi connectivity index (χ0) is 14.8. The van der Waals surface area contributed by atoms with Gasteiger partial charge in [0.05, 0.1) is 12.6 Å². The number of ether oxygens (including phenoxy) is 1. The quantitative estimate of drug-likeness (QED) is 0.675. The zero-order valence-corrected chi connectivity index (χ0v) is 13.6. The Morgan fingerprint density at radius 1 is 1.10 bits per heavy atom. The molecule has 0 aliphatic heterocycles. The van der Waals surface area contributed by atoms with E-state index in [0.29, 0.717) is 5.88 Å². The van der Waals surface area contributed by atoms with Crippen LogP contribution < -0.4 is 4.74 Å². The first-order valence-corrected chi connectivity index (χ1v) is 7.64. The van der Waals surface area contributed by atoms with Crippen LogP contribution in [0.3, 0.4) is 0 Å². The molecule has 2 aromatic carbocycles. The van der Waals surface area contributed by atoms with E-state index in [9.17, 15) is 0 Å². The molecule has 21 heavy (non-hydrogen) atoms. The van der Waals surface area contributed by atoms with Gasteiger partial charge in [-0.2, -0.15) is 0 Å². The Morgan fingerprint density at radius 3 is 2.57 bits per heavy atom. The monoisotopic (exact) mass is 341 g/mol. The largest absolute Gasteiger partial charge is 0.481 e. The van der Waals surface area contributed by atoms with Gasteiger partial charge < -0.3 is 4.74 Å². The van der Waals surface area contributed by atoms with Crippen LogP contribution >= 0.6 is 15.9 Å². The van der Waals surface area contributed by atoms with E-state index in [-0.39, 0.29) is 0 Å². The number of methoxy groups -OCH3 is 1.